The summed E-state index contributed by atoms with van der Waals surface area (Å²) in [5, 5.41) is 18.7. The van der Waals surface area contributed by atoms with Crippen molar-refractivity contribution < 1.29 is 23.8 Å². The molecule has 4 rings (SSSR count). The van der Waals surface area contributed by atoms with Crippen LogP contribution in [0.2, 0.25) is 0 Å². The van der Waals surface area contributed by atoms with Gasteiger partial charge in [-0.15, -0.1) is 0 Å². The Bertz CT molecular complexity index is 1100. The average Bonchev–Trinajstić information content (AvgIpc) is 3.15. The number of hydrogen-bond donors (Lipinski definition) is 2. The first-order valence-corrected chi connectivity index (χ1v) is 10.2. The molecular formula is C22H25FN4O4. The van der Waals surface area contributed by atoms with Crippen molar-refractivity contribution in [3.8, 4) is 5.75 Å². The Balaban J connectivity index is 1.66. The molecule has 0 radical (unpaired) electrons. The van der Waals surface area contributed by atoms with E-state index in [0.29, 0.717) is 23.5 Å². The molecule has 1 amide bonds. The number of nitrogens with one attached hydrogen (secondary N) is 1. The summed E-state index contributed by atoms with van der Waals surface area (Å²) in [5.41, 5.74) is 2.68. The maximum Gasteiger partial charge on any atom is 0.226 e. The monoisotopic (exact) mass is 428 g/mol. The summed E-state index contributed by atoms with van der Waals surface area (Å²) >= 11 is 0. The second-order valence-electron chi connectivity index (χ2n) is 7.54. The van der Waals surface area contributed by atoms with Crippen LogP contribution in [0.15, 0.2) is 30.5 Å². The van der Waals surface area contributed by atoms with Gasteiger partial charge in [-0.2, -0.15) is 5.10 Å². The number of aliphatic hydroxyl groups excluding tert-OH is 1. The van der Waals surface area contributed by atoms with E-state index in [9.17, 15) is 14.3 Å². The first kappa shape index (κ1) is 21.2. The number of aryl methyl sites for hydroxylation is 1. The quantitative estimate of drug-likeness (QED) is 0.662. The lowest BCUT2D eigenvalue weighted by Crippen LogP contribution is -2.34. The van der Waals surface area contributed by atoms with Crippen molar-refractivity contribution in [1.82, 2.24) is 20.1 Å². The zero-order chi connectivity index (χ0) is 22.0. The second-order valence-corrected chi connectivity index (χ2v) is 7.54. The molecule has 1 aliphatic rings. The smallest absolute Gasteiger partial charge is 0.226 e. The lowest BCUT2D eigenvalue weighted by atomic mass is 10.1. The Morgan fingerprint density at radius 1 is 1.35 bits per heavy atom. The third kappa shape index (κ3) is 4.52. The molecule has 9 heteroatoms. The van der Waals surface area contributed by atoms with E-state index in [1.54, 1.807) is 12.3 Å². The zero-order valence-electron chi connectivity index (χ0n) is 17.5. The topological polar surface area (TPSA) is 98.5 Å². The number of hydrogen-bond acceptors (Lipinski definition) is 6. The molecule has 8 nitrogen and oxygen atoms in total. The number of nitrogens with zero attached hydrogens (tertiary/aromatic N) is 3. The van der Waals surface area contributed by atoms with E-state index in [1.807, 2.05) is 17.7 Å². The molecule has 0 unspecified atom stereocenters. The summed E-state index contributed by atoms with van der Waals surface area (Å²) in [6, 6.07) is 5.77. The first-order chi connectivity index (χ1) is 15.0. The first-order valence-electron chi connectivity index (χ1n) is 10.2. The number of carbonyl (C=O) groups excluding carboxylic acids is 1. The normalized spacial score (nSPS) is 20.1. The molecule has 3 aromatic rings. The molecule has 1 aliphatic heterocycles. The van der Waals surface area contributed by atoms with Crippen LogP contribution in [0.25, 0.3) is 10.9 Å². The SMILES string of the molecule is CCn1ncc2cc3nc(c21)C[C@@H](O)COC[C@H](c1ccc(OC)c(F)c1)NC(=O)C3. The molecule has 0 saturated heterocycles. The van der Waals surface area contributed by atoms with E-state index in [0.717, 1.165) is 10.9 Å². The number of fused-ring (bicyclic) bond motifs is 4. The van der Waals surface area contributed by atoms with Crippen LogP contribution in [0.5, 0.6) is 5.75 Å². The van der Waals surface area contributed by atoms with E-state index < -0.39 is 18.0 Å². The number of halogens is 1. The number of carbonyl (C=O) groups is 1. The van der Waals surface area contributed by atoms with Crippen molar-refractivity contribution in [3.63, 3.8) is 0 Å². The van der Waals surface area contributed by atoms with Crippen LogP contribution in [-0.4, -0.2) is 52.2 Å². The molecule has 2 aromatic heterocycles. The Kier molecular flexibility index (Phi) is 6.15. The summed E-state index contributed by atoms with van der Waals surface area (Å²) in [6.07, 6.45) is 1.28. The number of amides is 1. The van der Waals surface area contributed by atoms with Crippen LogP contribution in [0.1, 0.15) is 29.9 Å². The molecule has 0 aliphatic carbocycles. The van der Waals surface area contributed by atoms with Crippen LogP contribution in [-0.2, 0) is 28.9 Å². The van der Waals surface area contributed by atoms with Crippen molar-refractivity contribution in [3.05, 3.63) is 53.2 Å². The molecule has 2 N–H and O–H groups in total. The van der Waals surface area contributed by atoms with Crippen molar-refractivity contribution in [2.24, 2.45) is 0 Å². The van der Waals surface area contributed by atoms with Crippen molar-refractivity contribution >= 4 is 16.8 Å². The van der Waals surface area contributed by atoms with Gasteiger partial charge in [0.15, 0.2) is 11.6 Å². The second kappa shape index (κ2) is 8.99. The average molecular weight is 428 g/mol. The van der Waals surface area contributed by atoms with Gasteiger partial charge in [0.25, 0.3) is 0 Å². The fourth-order valence-corrected chi connectivity index (χ4v) is 3.87. The highest BCUT2D eigenvalue weighted by molar-refractivity contribution is 5.84. The zero-order valence-corrected chi connectivity index (χ0v) is 17.5. The van der Waals surface area contributed by atoms with E-state index in [-0.39, 0.29) is 37.7 Å². The van der Waals surface area contributed by atoms with Gasteiger partial charge in [-0.05, 0) is 30.7 Å². The summed E-state index contributed by atoms with van der Waals surface area (Å²) in [6.45, 7) is 2.80. The van der Waals surface area contributed by atoms with E-state index in [2.05, 4.69) is 15.4 Å². The van der Waals surface area contributed by atoms with Crippen LogP contribution in [0.3, 0.4) is 0 Å². The van der Waals surface area contributed by atoms with Gasteiger partial charge in [-0.25, -0.2) is 4.39 Å². The van der Waals surface area contributed by atoms with Gasteiger partial charge in [-0.3, -0.25) is 14.5 Å². The number of ether oxygens (including phenoxy) is 2. The Morgan fingerprint density at radius 3 is 2.94 bits per heavy atom. The summed E-state index contributed by atoms with van der Waals surface area (Å²) < 4.78 is 26.7. The minimum absolute atomic E-state index is 0.0471. The van der Waals surface area contributed by atoms with Crippen molar-refractivity contribution in [2.45, 2.75) is 38.5 Å². The number of methoxy groups -OCH3 is 1. The summed E-state index contributed by atoms with van der Waals surface area (Å²) in [7, 11) is 1.39. The van der Waals surface area contributed by atoms with Gasteiger partial charge in [0, 0.05) is 18.4 Å². The Morgan fingerprint density at radius 2 is 2.19 bits per heavy atom. The standard InChI is InChI=1S/C22H25FN4O4/c1-3-27-22-14(10-24-27)6-15-8-21(29)26-19(12-31-11-16(28)9-18(22)25-15)13-4-5-20(30-2)17(23)7-13/h4-7,10,16,19,28H,3,8-9,11-12H2,1-2H3,(H,26,29)/t16-,19-/m1/s1. The van der Waals surface area contributed by atoms with Crippen LogP contribution < -0.4 is 10.1 Å². The van der Waals surface area contributed by atoms with Gasteiger partial charge in [-0.1, -0.05) is 6.07 Å². The fraction of sp³-hybridized carbons (Fsp3) is 0.409. The Labute approximate surface area is 179 Å². The van der Waals surface area contributed by atoms with Crippen molar-refractivity contribution in [1.29, 1.82) is 0 Å². The molecule has 0 fully saturated rings. The van der Waals surface area contributed by atoms with Gasteiger partial charge < -0.3 is 19.9 Å². The molecule has 0 saturated carbocycles. The summed E-state index contributed by atoms with van der Waals surface area (Å²) in [5.74, 6) is -0.658. The molecule has 31 heavy (non-hydrogen) atoms. The van der Waals surface area contributed by atoms with E-state index in [4.69, 9.17) is 9.47 Å². The third-order valence-corrected chi connectivity index (χ3v) is 5.32. The molecule has 2 atom stereocenters. The molecule has 0 spiro atoms. The van der Waals surface area contributed by atoms with Gasteiger partial charge in [0.05, 0.1) is 62.0 Å². The highest BCUT2D eigenvalue weighted by atomic mass is 19.1. The maximum atomic E-state index is 14.2. The molecule has 1 aromatic carbocycles. The Hall–Kier alpha value is -3.04. The maximum absolute atomic E-state index is 14.2. The summed E-state index contributed by atoms with van der Waals surface area (Å²) in [4.78, 5) is 17.4. The lowest BCUT2D eigenvalue weighted by molar-refractivity contribution is -0.121. The van der Waals surface area contributed by atoms with Gasteiger partial charge >= 0.3 is 0 Å². The minimum atomic E-state index is -0.783. The molecular weight excluding hydrogens is 403 g/mol. The van der Waals surface area contributed by atoms with E-state index >= 15 is 0 Å². The fourth-order valence-electron chi connectivity index (χ4n) is 3.87. The largest absolute Gasteiger partial charge is 0.494 e. The van der Waals surface area contributed by atoms with Gasteiger partial charge in [0.1, 0.15) is 0 Å². The molecule has 2 bridgehead atoms. The number of pyridine rings is 1. The number of benzene rings is 1. The lowest BCUT2D eigenvalue weighted by Gasteiger charge is -2.22. The predicted molar refractivity (Wildman–Crippen MR) is 111 cm³/mol. The van der Waals surface area contributed by atoms with Gasteiger partial charge in [0.2, 0.25) is 5.91 Å². The number of rotatable bonds is 3. The minimum Gasteiger partial charge on any atom is -0.494 e. The van der Waals surface area contributed by atoms with Crippen LogP contribution in [0, 0.1) is 5.82 Å². The highest BCUT2D eigenvalue weighted by Crippen LogP contribution is 2.24. The molecule has 3 heterocycles. The highest BCUT2D eigenvalue weighted by Gasteiger charge is 2.22. The van der Waals surface area contributed by atoms with Crippen LogP contribution in [0.4, 0.5) is 4.39 Å². The van der Waals surface area contributed by atoms with Crippen molar-refractivity contribution in [2.75, 3.05) is 20.3 Å². The number of aromatic nitrogens is 3. The van der Waals surface area contributed by atoms with E-state index in [1.165, 1.54) is 19.2 Å². The predicted octanol–water partition coefficient (Wildman–Crippen LogP) is 1.93. The third-order valence-electron chi connectivity index (χ3n) is 5.32. The number of aliphatic hydroxyl groups is 1. The molecule has 164 valence electrons. The van der Waals surface area contributed by atoms with Crippen LogP contribution >= 0.6 is 0 Å².